The molecule has 31 heavy (non-hydrogen) atoms. The predicted octanol–water partition coefficient (Wildman–Crippen LogP) is 4.07. The van der Waals surface area contributed by atoms with Crippen LogP contribution in [-0.2, 0) is 11.3 Å². The van der Waals surface area contributed by atoms with Crippen LogP contribution >= 0.6 is 11.8 Å². The minimum Gasteiger partial charge on any atom is -0.497 e. The Morgan fingerprint density at radius 2 is 1.94 bits per heavy atom. The number of rotatable bonds is 8. The molecule has 0 aliphatic carbocycles. The van der Waals surface area contributed by atoms with Crippen LogP contribution in [0.25, 0.3) is 11.4 Å². The van der Waals surface area contributed by atoms with E-state index >= 15 is 0 Å². The van der Waals surface area contributed by atoms with Crippen molar-refractivity contribution < 1.29 is 19.0 Å². The first-order chi connectivity index (χ1) is 15.0. The Kier molecular flexibility index (Phi) is 6.31. The van der Waals surface area contributed by atoms with Crippen molar-refractivity contribution in [3.8, 4) is 28.6 Å². The van der Waals surface area contributed by atoms with E-state index in [1.165, 1.54) is 11.8 Å². The Morgan fingerprint density at radius 3 is 2.68 bits per heavy atom. The van der Waals surface area contributed by atoms with E-state index in [0.717, 1.165) is 23.7 Å². The summed E-state index contributed by atoms with van der Waals surface area (Å²) < 4.78 is 17.9. The fourth-order valence-corrected chi connectivity index (χ4v) is 3.93. The summed E-state index contributed by atoms with van der Waals surface area (Å²) >= 11 is 1.36. The van der Waals surface area contributed by atoms with E-state index in [2.05, 4.69) is 33.9 Å². The number of carbonyl (C=O) groups excluding carboxylic acids is 1. The number of thioether (sulfide) groups is 1. The molecule has 3 aromatic rings. The molecule has 0 fully saturated rings. The Balaban J connectivity index is 1.45. The summed E-state index contributed by atoms with van der Waals surface area (Å²) in [6, 6.07) is 13.0. The van der Waals surface area contributed by atoms with Gasteiger partial charge in [0.15, 0.2) is 22.5 Å². The molecule has 1 N–H and O–H groups in total. The molecule has 0 spiro atoms. The van der Waals surface area contributed by atoms with E-state index in [-0.39, 0.29) is 18.5 Å². The first-order valence-corrected chi connectivity index (χ1v) is 10.9. The topological polar surface area (TPSA) is 87.5 Å². The molecule has 0 bridgehead atoms. The van der Waals surface area contributed by atoms with Crippen molar-refractivity contribution in [3.05, 3.63) is 42.5 Å². The van der Waals surface area contributed by atoms with Gasteiger partial charge in [0.25, 0.3) is 0 Å². The summed E-state index contributed by atoms with van der Waals surface area (Å²) in [5.74, 6) is 3.35. The SMILES string of the molecule is COc1ccc(-c2nnc(SCC(=O)Nc3ccc4c(c3)OCO4)n2CC(C)C)cc1. The smallest absolute Gasteiger partial charge is 0.234 e. The second-order valence-electron chi connectivity index (χ2n) is 7.44. The van der Waals surface area contributed by atoms with Gasteiger partial charge in [-0.05, 0) is 42.3 Å². The normalized spacial score (nSPS) is 12.3. The summed E-state index contributed by atoms with van der Waals surface area (Å²) in [7, 11) is 1.64. The zero-order valence-electron chi connectivity index (χ0n) is 17.6. The highest BCUT2D eigenvalue weighted by Gasteiger charge is 2.18. The van der Waals surface area contributed by atoms with Crippen molar-refractivity contribution in [2.45, 2.75) is 25.5 Å². The highest BCUT2D eigenvalue weighted by atomic mass is 32.2. The van der Waals surface area contributed by atoms with E-state index in [9.17, 15) is 4.79 Å². The van der Waals surface area contributed by atoms with Crippen LogP contribution in [0.15, 0.2) is 47.6 Å². The number of carbonyl (C=O) groups is 1. The number of amides is 1. The average molecular weight is 441 g/mol. The number of nitrogens with zero attached hydrogens (tertiary/aromatic N) is 3. The molecular weight excluding hydrogens is 416 g/mol. The van der Waals surface area contributed by atoms with Gasteiger partial charge in [-0.3, -0.25) is 4.79 Å². The number of ether oxygens (including phenoxy) is 3. The maximum atomic E-state index is 12.5. The van der Waals surface area contributed by atoms with E-state index in [1.807, 2.05) is 24.3 Å². The first-order valence-electron chi connectivity index (χ1n) is 9.93. The summed E-state index contributed by atoms with van der Waals surface area (Å²) in [6.45, 7) is 5.22. The van der Waals surface area contributed by atoms with E-state index < -0.39 is 0 Å². The zero-order chi connectivity index (χ0) is 21.8. The van der Waals surface area contributed by atoms with Crippen LogP contribution in [0, 0.1) is 5.92 Å². The molecule has 9 heteroatoms. The molecule has 162 valence electrons. The molecule has 4 rings (SSSR count). The van der Waals surface area contributed by atoms with Crippen molar-refractivity contribution in [2.75, 3.05) is 25.0 Å². The molecule has 0 radical (unpaired) electrons. The monoisotopic (exact) mass is 440 g/mol. The van der Waals surface area contributed by atoms with Gasteiger partial charge in [-0.2, -0.15) is 0 Å². The van der Waals surface area contributed by atoms with Crippen molar-refractivity contribution in [1.29, 1.82) is 0 Å². The number of hydrogen-bond acceptors (Lipinski definition) is 7. The van der Waals surface area contributed by atoms with Gasteiger partial charge in [-0.1, -0.05) is 25.6 Å². The highest BCUT2D eigenvalue weighted by molar-refractivity contribution is 7.99. The van der Waals surface area contributed by atoms with Crippen LogP contribution in [0.2, 0.25) is 0 Å². The van der Waals surface area contributed by atoms with Crippen LogP contribution < -0.4 is 19.5 Å². The summed E-state index contributed by atoms with van der Waals surface area (Å²) in [5.41, 5.74) is 1.61. The molecule has 1 amide bonds. The number of aromatic nitrogens is 3. The van der Waals surface area contributed by atoms with E-state index in [1.54, 1.807) is 25.3 Å². The third kappa shape index (κ3) is 4.93. The number of fused-ring (bicyclic) bond motifs is 1. The highest BCUT2D eigenvalue weighted by Crippen LogP contribution is 2.34. The van der Waals surface area contributed by atoms with Gasteiger partial charge < -0.3 is 24.1 Å². The van der Waals surface area contributed by atoms with Gasteiger partial charge in [0.2, 0.25) is 12.7 Å². The lowest BCUT2D eigenvalue weighted by molar-refractivity contribution is -0.113. The number of nitrogens with one attached hydrogen (secondary N) is 1. The number of hydrogen-bond donors (Lipinski definition) is 1. The quantitative estimate of drug-likeness (QED) is 0.528. The molecule has 0 unspecified atom stereocenters. The lowest BCUT2D eigenvalue weighted by atomic mass is 10.2. The molecular formula is C22H24N4O4S. The van der Waals surface area contributed by atoms with Crippen LogP contribution in [0.4, 0.5) is 5.69 Å². The van der Waals surface area contributed by atoms with Crippen molar-refractivity contribution in [2.24, 2.45) is 5.92 Å². The minimum atomic E-state index is -0.131. The molecule has 1 aromatic heterocycles. The lowest BCUT2D eigenvalue weighted by Gasteiger charge is -2.13. The molecule has 8 nitrogen and oxygen atoms in total. The molecule has 0 saturated heterocycles. The Morgan fingerprint density at radius 1 is 1.16 bits per heavy atom. The predicted molar refractivity (Wildman–Crippen MR) is 119 cm³/mol. The standard InChI is InChI=1S/C22H24N4O4S/c1-14(2)11-26-21(15-4-7-17(28-3)8-5-15)24-25-22(26)31-12-20(27)23-16-6-9-18-19(10-16)30-13-29-18/h4-10,14H,11-13H2,1-3H3,(H,23,27). The average Bonchev–Trinajstić information content (AvgIpc) is 3.38. The van der Waals surface area contributed by atoms with Crippen LogP contribution in [0.5, 0.6) is 17.2 Å². The van der Waals surface area contributed by atoms with Crippen molar-refractivity contribution in [1.82, 2.24) is 14.8 Å². The van der Waals surface area contributed by atoms with Crippen LogP contribution in [0.1, 0.15) is 13.8 Å². The third-order valence-electron chi connectivity index (χ3n) is 4.60. The summed E-state index contributed by atoms with van der Waals surface area (Å²) in [6.07, 6.45) is 0. The van der Waals surface area contributed by atoms with Gasteiger partial charge >= 0.3 is 0 Å². The van der Waals surface area contributed by atoms with Crippen molar-refractivity contribution >= 4 is 23.4 Å². The fraction of sp³-hybridized carbons (Fsp3) is 0.318. The second-order valence-corrected chi connectivity index (χ2v) is 8.39. The Hall–Kier alpha value is -3.20. The van der Waals surface area contributed by atoms with Crippen LogP contribution in [0.3, 0.4) is 0 Å². The van der Waals surface area contributed by atoms with E-state index in [0.29, 0.717) is 28.3 Å². The number of benzene rings is 2. The molecule has 1 aliphatic heterocycles. The number of anilines is 1. The lowest BCUT2D eigenvalue weighted by Crippen LogP contribution is -2.15. The van der Waals surface area contributed by atoms with Gasteiger partial charge in [0, 0.05) is 23.9 Å². The van der Waals surface area contributed by atoms with Crippen molar-refractivity contribution in [3.63, 3.8) is 0 Å². The summed E-state index contributed by atoms with van der Waals surface area (Å²) in [5, 5.41) is 12.3. The molecule has 1 aliphatic rings. The molecule has 0 saturated carbocycles. The van der Waals surface area contributed by atoms with Gasteiger partial charge in [-0.25, -0.2) is 0 Å². The van der Waals surface area contributed by atoms with Gasteiger partial charge in [-0.15, -0.1) is 10.2 Å². The molecule has 2 heterocycles. The van der Waals surface area contributed by atoms with E-state index in [4.69, 9.17) is 14.2 Å². The Labute approximate surface area is 184 Å². The largest absolute Gasteiger partial charge is 0.497 e. The third-order valence-corrected chi connectivity index (χ3v) is 5.57. The fourth-order valence-electron chi connectivity index (χ4n) is 3.18. The maximum Gasteiger partial charge on any atom is 0.234 e. The molecule has 0 atom stereocenters. The number of methoxy groups -OCH3 is 1. The maximum absolute atomic E-state index is 12.5. The summed E-state index contributed by atoms with van der Waals surface area (Å²) in [4.78, 5) is 12.5. The molecule has 2 aromatic carbocycles. The van der Waals surface area contributed by atoms with Crippen LogP contribution in [-0.4, -0.2) is 40.3 Å². The second kappa shape index (κ2) is 9.30. The first kappa shape index (κ1) is 21.0. The zero-order valence-corrected chi connectivity index (χ0v) is 18.4. The van der Waals surface area contributed by atoms with Gasteiger partial charge in [0.05, 0.1) is 12.9 Å². The Bertz CT molecular complexity index is 1070. The minimum absolute atomic E-state index is 0.131. The van der Waals surface area contributed by atoms with Gasteiger partial charge in [0.1, 0.15) is 5.75 Å².